The molecule has 17 heavy (non-hydrogen) atoms. The molecule has 0 aromatic heterocycles. The Morgan fingerprint density at radius 2 is 2.35 bits per heavy atom. The number of anilines is 1. The summed E-state index contributed by atoms with van der Waals surface area (Å²) in [6.45, 7) is 3.64. The summed E-state index contributed by atoms with van der Waals surface area (Å²) in [6.07, 6.45) is 1.70. The predicted octanol–water partition coefficient (Wildman–Crippen LogP) is 2.49. The second-order valence-corrected chi connectivity index (χ2v) is 3.44. The molecule has 1 rings (SSSR count). The van der Waals surface area contributed by atoms with E-state index in [1.54, 1.807) is 19.1 Å². The van der Waals surface area contributed by atoms with Crippen LogP contribution < -0.4 is 5.43 Å². The van der Waals surface area contributed by atoms with Crippen molar-refractivity contribution in [1.82, 2.24) is 0 Å². The first-order chi connectivity index (χ1) is 8.13. The van der Waals surface area contributed by atoms with E-state index in [1.165, 1.54) is 12.3 Å². The molecular formula is C12H15FN2O2. The maximum atomic E-state index is 13.2. The first-order valence-electron chi connectivity index (χ1n) is 5.32. The van der Waals surface area contributed by atoms with Crippen molar-refractivity contribution in [3.05, 3.63) is 29.6 Å². The number of rotatable bonds is 5. The summed E-state index contributed by atoms with van der Waals surface area (Å²) in [4.78, 5) is 10.8. The lowest BCUT2D eigenvalue weighted by Gasteiger charge is -2.03. The third-order valence-corrected chi connectivity index (χ3v) is 2.01. The van der Waals surface area contributed by atoms with E-state index in [1.807, 2.05) is 6.92 Å². The molecule has 0 fully saturated rings. The van der Waals surface area contributed by atoms with Gasteiger partial charge in [-0.2, -0.15) is 5.10 Å². The Morgan fingerprint density at radius 3 is 3.06 bits per heavy atom. The van der Waals surface area contributed by atoms with Crippen molar-refractivity contribution in [3.8, 4) is 0 Å². The van der Waals surface area contributed by atoms with Crippen LogP contribution >= 0.6 is 0 Å². The van der Waals surface area contributed by atoms with Gasteiger partial charge in [0.25, 0.3) is 0 Å². The molecule has 4 nitrogen and oxygen atoms in total. The predicted molar refractivity (Wildman–Crippen MR) is 64.5 cm³/mol. The molecule has 0 saturated heterocycles. The number of carbonyl (C=O) groups is 1. The van der Waals surface area contributed by atoms with Crippen LogP contribution in [0.4, 0.5) is 10.1 Å². The fourth-order valence-corrected chi connectivity index (χ4v) is 1.11. The number of benzene rings is 1. The number of esters is 1. The van der Waals surface area contributed by atoms with E-state index in [4.69, 9.17) is 4.74 Å². The lowest BCUT2D eigenvalue weighted by Crippen LogP contribution is -2.05. The minimum absolute atomic E-state index is 0.0765. The molecule has 0 amide bonds. The van der Waals surface area contributed by atoms with Crippen molar-refractivity contribution in [3.63, 3.8) is 0 Å². The molecule has 0 aliphatic heterocycles. The number of nitrogens with one attached hydrogen (secondary N) is 1. The SMILES string of the molecule is CCC(=O)OCC=NNc1cc(C)ccc1F. The van der Waals surface area contributed by atoms with Crippen molar-refractivity contribution >= 4 is 17.9 Å². The Labute approximate surface area is 99.5 Å². The number of hydrogen-bond donors (Lipinski definition) is 1. The van der Waals surface area contributed by atoms with Gasteiger partial charge < -0.3 is 4.74 Å². The summed E-state index contributed by atoms with van der Waals surface area (Å²) in [5, 5.41) is 3.76. The van der Waals surface area contributed by atoms with Gasteiger partial charge in [0.2, 0.25) is 0 Å². The number of nitrogens with zero attached hydrogens (tertiary/aromatic N) is 1. The van der Waals surface area contributed by atoms with E-state index >= 15 is 0 Å². The standard InChI is InChI=1S/C12H15FN2O2/c1-3-12(16)17-7-6-14-15-11-8-9(2)4-5-10(11)13/h4-6,8,15H,3,7H2,1-2H3. The third kappa shape index (κ3) is 4.63. The average molecular weight is 238 g/mol. The fourth-order valence-electron chi connectivity index (χ4n) is 1.11. The molecule has 92 valence electrons. The third-order valence-electron chi connectivity index (χ3n) is 2.01. The van der Waals surface area contributed by atoms with E-state index in [0.717, 1.165) is 5.56 Å². The van der Waals surface area contributed by atoms with Gasteiger partial charge in [-0.25, -0.2) is 4.39 Å². The molecule has 0 bridgehead atoms. The molecule has 1 aromatic rings. The van der Waals surface area contributed by atoms with E-state index in [-0.39, 0.29) is 18.4 Å². The zero-order valence-corrected chi connectivity index (χ0v) is 9.87. The number of hydrazone groups is 1. The summed E-state index contributed by atoms with van der Waals surface area (Å²) in [5.74, 6) is -0.670. The van der Waals surface area contributed by atoms with E-state index in [2.05, 4.69) is 10.5 Å². The minimum Gasteiger partial charge on any atom is -0.460 e. The van der Waals surface area contributed by atoms with E-state index in [0.29, 0.717) is 12.1 Å². The molecule has 0 radical (unpaired) electrons. The minimum atomic E-state index is -0.377. The maximum absolute atomic E-state index is 13.2. The second kappa shape index (κ2) is 6.62. The number of hydrogen-bond acceptors (Lipinski definition) is 4. The summed E-state index contributed by atoms with van der Waals surface area (Å²) in [6, 6.07) is 4.68. The van der Waals surface area contributed by atoms with Crippen LogP contribution in [0.3, 0.4) is 0 Å². The molecule has 0 aliphatic rings. The number of halogens is 1. The van der Waals surface area contributed by atoms with Crippen LogP contribution in [0.25, 0.3) is 0 Å². The van der Waals surface area contributed by atoms with Gasteiger partial charge in [-0.05, 0) is 24.6 Å². The van der Waals surface area contributed by atoms with Crippen LogP contribution in [-0.2, 0) is 9.53 Å². The van der Waals surface area contributed by atoms with Crippen molar-refractivity contribution in [1.29, 1.82) is 0 Å². The van der Waals surface area contributed by atoms with Crippen LogP contribution in [0.15, 0.2) is 23.3 Å². The number of carbonyl (C=O) groups excluding carboxylic acids is 1. The van der Waals surface area contributed by atoms with Gasteiger partial charge in [-0.15, -0.1) is 0 Å². The molecule has 0 heterocycles. The molecule has 0 spiro atoms. The highest BCUT2D eigenvalue weighted by Crippen LogP contribution is 2.15. The number of aryl methyl sites for hydroxylation is 1. The highest BCUT2D eigenvalue weighted by molar-refractivity contribution is 5.72. The largest absolute Gasteiger partial charge is 0.460 e. The lowest BCUT2D eigenvalue weighted by molar-refractivity contribution is -0.141. The normalized spacial score (nSPS) is 10.5. The lowest BCUT2D eigenvalue weighted by atomic mass is 10.2. The Kier molecular flexibility index (Phi) is 5.13. The van der Waals surface area contributed by atoms with E-state index in [9.17, 15) is 9.18 Å². The summed E-state index contributed by atoms with van der Waals surface area (Å²) in [7, 11) is 0. The molecule has 1 N–H and O–H groups in total. The Morgan fingerprint density at radius 1 is 1.59 bits per heavy atom. The van der Waals surface area contributed by atoms with E-state index < -0.39 is 0 Å². The smallest absolute Gasteiger partial charge is 0.305 e. The molecule has 5 heteroatoms. The van der Waals surface area contributed by atoms with Gasteiger partial charge in [0.05, 0.1) is 11.9 Å². The van der Waals surface area contributed by atoms with Crippen LogP contribution in [0.5, 0.6) is 0 Å². The zero-order chi connectivity index (χ0) is 12.7. The highest BCUT2D eigenvalue weighted by Gasteiger charge is 1.99. The molecular weight excluding hydrogens is 223 g/mol. The van der Waals surface area contributed by atoms with Crippen LogP contribution in [-0.4, -0.2) is 18.8 Å². The fraction of sp³-hybridized carbons (Fsp3) is 0.333. The van der Waals surface area contributed by atoms with Gasteiger partial charge >= 0.3 is 5.97 Å². The molecule has 1 aromatic carbocycles. The quantitative estimate of drug-likeness (QED) is 0.487. The second-order valence-electron chi connectivity index (χ2n) is 3.44. The topological polar surface area (TPSA) is 50.7 Å². The van der Waals surface area contributed by atoms with Gasteiger partial charge in [0.15, 0.2) is 0 Å². The van der Waals surface area contributed by atoms with Crippen molar-refractivity contribution < 1.29 is 13.9 Å². The van der Waals surface area contributed by atoms with Gasteiger partial charge in [0.1, 0.15) is 12.4 Å². The molecule has 0 unspecified atom stereocenters. The Balaban J connectivity index is 2.42. The molecule has 0 aliphatic carbocycles. The van der Waals surface area contributed by atoms with Crippen molar-refractivity contribution in [2.75, 3.05) is 12.0 Å². The first-order valence-corrected chi connectivity index (χ1v) is 5.32. The summed E-state index contributed by atoms with van der Waals surface area (Å²) >= 11 is 0. The number of ether oxygens (including phenoxy) is 1. The summed E-state index contributed by atoms with van der Waals surface area (Å²) < 4.78 is 18.0. The van der Waals surface area contributed by atoms with Crippen LogP contribution in [0.2, 0.25) is 0 Å². The Hall–Kier alpha value is -1.91. The first kappa shape index (κ1) is 13.2. The maximum Gasteiger partial charge on any atom is 0.305 e. The van der Waals surface area contributed by atoms with Gasteiger partial charge in [0, 0.05) is 6.42 Å². The van der Waals surface area contributed by atoms with Gasteiger partial charge in [-0.3, -0.25) is 10.2 Å². The van der Waals surface area contributed by atoms with Gasteiger partial charge in [-0.1, -0.05) is 13.0 Å². The Bertz CT molecular complexity index is 419. The average Bonchev–Trinajstić information content (AvgIpc) is 2.32. The molecule has 0 atom stereocenters. The highest BCUT2D eigenvalue weighted by atomic mass is 19.1. The van der Waals surface area contributed by atoms with Crippen LogP contribution in [0.1, 0.15) is 18.9 Å². The molecule has 0 saturated carbocycles. The summed E-state index contributed by atoms with van der Waals surface area (Å²) in [5.41, 5.74) is 3.78. The monoisotopic (exact) mass is 238 g/mol. The van der Waals surface area contributed by atoms with Crippen molar-refractivity contribution in [2.45, 2.75) is 20.3 Å². The zero-order valence-electron chi connectivity index (χ0n) is 9.87. The van der Waals surface area contributed by atoms with Crippen LogP contribution in [0, 0.1) is 12.7 Å². The van der Waals surface area contributed by atoms with Crippen molar-refractivity contribution in [2.24, 2.45) is 5.10 Å².